The van der Waals surface area contributed by atoms with Crippen LogP contribution in [0.3, 0.4) is 0 Å². The van der Waals surface area contributed by atoms with E-state index >= 15 is 0 Å². The van der Waals surface area contributed by atoms with Gasteiger partial charge in [0.25, 0.3) is 0 Å². The second-order valence-electron chi connectivity index (χ2n) is 5.71. The zero-order chi connectivity index (χ0) is 17.1. The number of oxazole rings is 1. The topological polar surface area (TPSA) is 64.3 Å². The van der Waals surface area contributed by atoms with Crippen molar-refractivity contribution in [2.75, 3.05) is 14.2 Å². The fraction of sp³-hybridized carbons (Fsp3) is 0.353. The summed E-state index contributed by atoms with van der Waals surface area (Å²) in [6.45, 7) is 5.43. The van der Waals surface area contributed by atoms with Gasteiger partial charge in [-0.1, -0.05) is 10.6 Å². The van der Waals surface area contributed by atoms with Crippen LogP contribution in [-0.2, 0) is 13.1 Å². The first-order valence-electron chi connectivity index (χ1n) is 7.64. The van der Waals surface area contributed by atoms with E-state index in [0.29, 0.717) is 12.4 Å². The van der Waals surface area contributed by atoms with Crippen LogP contribution in [0, 0.1) is 13.8 Å². The molecule has 3 rings (SSSR count). The van der Waals surface area contributed by atoms with Crippen molar-refractivity contribution in [1.82, 2.24) is 19.5 Å². The average Bonchev–Trinajstić information content (AvgIpc) is 3.14. The highest BCUT2D eigenvalue weighted by Crippen LogP contribution is 2.26. The molecule has 0 aliphatic heterocycles. The van der Waals surface area contributed by atoms with Gasteiger partial charge in [0.1, 0.15) is 11.5 Å². The second-order valence-corrected chi connectivity index (χ2v) is 6.55. The average molecular weight is 344 g/mol. The largest absolute Gasteiger partial charge is 0.497 e. The fourth-order valence-corrected chi connectivity index (χ4v) is 3.12. The number of hydrogen-bond donors (Lipinski definition) is 0. The molecule has 7 heteroatoms. The summed E-state index contributed by atoms with van der Waals surface area (Å²) >= 11 is 1.44. The van der Waals surface area contributed by atoms with E-state index in [-0.39, 0.29) is 0 Å². The summed E-state index contributed by atoms with van der Waals surface area (Å²) in [5.41, 5.74) is 2.83. The van der Waals surface area contributed by atoms with E-state index in [0.717, 1.165) is 35.0 Å². The molecule has 0 saturated carbocycles. The lowest BCUT2D eigenvalue weighted by Crippen LogP contribution is -2.17. The molecule has 24 heavy (non-hydrogen) atoms. The highest BCUT2D eigenvalue weighted by Gasteiger charge is 2.15. The van der Waals surface area contributed by atoms with Crippen LogP contribution in [0.5, 0.6) is 5.75 Å². The Morgan fingerprint density at radius 1 is 1.25 bits per heavy atom. The van der Waals surface area contributed by atoms with Gasteiger partial charge in [0.2, 0.25) is 5.89 Å². The van der Waals surface area contributed by atoms with Crippen molar-refractivity contribution in [3.05, 3.63) is 46.3 Å². The molecule has 0 unspecified atom stereocenters. The Morgan fingerprint density at radius 2 is 2.08 bits per heavy atom. The number of rotatable bonds is 6. The van der Waals surface area contributed by atoms with Crippen LogP contribution in [0.1, 0.15) is 22.0 Å². The van der Waals surface area contributed by atoms with Crippen molar-refractivity contribution in [3.8, 4) is 17.2 Å². The molecule has 0 fully saturated rings. The fourth-order valence-electron chi connectivity index (χ4n) is 2.41. The standard InChI is InChI=1S/C17H20N4O2S/c1-11-16(24-20-19-11)10-21(3)9-15-12(2)23-17(18-15)13-6-5-7-14(8-13)22-4/h5-8H,9-10H2,1-4H3. The lowest BCUT2D eigenvalue weighted by molar-refractivity contribution is 0.315. The van der Waals surface area contributed by atoms with E-state index in [9.17, 15) is 0 Å². The van der Waals surface area contributed by atoms with E-state index in [4.69, 9.17) is 9.15 Å². The van der Waals surface area contributed by atoms with Crippen LogP contribution in [0.4, 0.5) is 0 Å². The van der Waals surface area contributed by atoms with Gasteiger partial charge in [0.15, 0.2) is 0 Å². The Kier molecular flexibility index (Phi) is 4.92. The maximum absolute atomic E-state index is 5.84. The summed E-state index contributed by atoms with van der Waals surface area (Å²) in [7, 11) is 3.70. The number of aryl methyl sites for hydroxylation is 2. The highest BCUT2D eigenvalue weighted by molar-refractivity contribution is 7.05. The van der Waals surface area contributed by atoms with Crippen molar-refractivity contribution in [2.45, 2.75) is 26.9 Å². The van der Waals surface area contributed by atoms with Crippen molar-refractivity contribution < 1.29 is 9.15 Å². The van der Waals surface area contributed by atoms with Crippen LogP contribution >= 0.6 is 11.5 Å². The molecule has 0 aliphatic carbocycles. The monoisotopic (exact) mass is 344 g/mol. The summed E-state index contributed by atoms with van der Waals surface area (Å²) in [4.78, 5) is 8.01. The summed E-state index contributed by atoms with van der Waals surface area (Å²) in [5, 5.41) is 4.05. The van der Waals surface area contributed by atoms with E-state index in [1.807, 2.05) is 38.1 Å². The molecule has 2 heterocycles. The first-order valence-corrected chi connectivity index (χ1v) is 8.41. The Bertz CT molecular complexity index is 828. The Morgan fingerprint density at radius 3 is 2.79 bits per heavy atom. The van der Waals surface area contributed by atoms with Gasteiger partial charge >= 0.3 is 0 Å². The van der Waals surface area contributed by atoms with Gasteiger partial charge < -0.3 is 9.15 Å². The van der Waals surface area contributed by atoms with Crippen molar-refractivity contribution in [1.29, 1.82) is 0 Å². The predicted molar refractivity (Wildman–Crippen MR) is 93.0 cm³/mol. The van der Waals surface area contributed by atoms with E-state index < -0.39 is 0 Å². The Balaban J connectivity index is 1.75. The molecular weight excluding hydrogens is 324 g/mol. The predicted octanol–water partition coefficient (Wildman–Crippen LogP) is 3.45. The third-order valence-electron chi connectivity index (χ3n) is 3.79. The van der Waals surface area contributed by atoms with Gasteiger partial charge in [-0.2, -0.15) is 0 Å². The minimum Gasteiger partial charge on any atom is -0.497 e. The van der Waals surface area contributed by atoms with E-state index in [1.165, 1.54) is 16.4 Å². The zero-order valence-corrected chi connectivity index (χ0v) is 15.1. The lowest BCUT2D eigenvalue weighted by Gasteiger charge is -2.14. The minimum absolute atomic E-state index is 0.616. The SMILES string of the molecule is COc1cccc(-c2nc(CN(C)Cc3snnc3C)c(C)o2)c1. The van der Waals surface area contributed by atoms with E-state index in [2.05, 4.69) is 26.5 Å². The smallest absolute Gasteiger partial charge is 0.226 e. The van der Waals surface area contributed by atoms with Crippen LogP contribution in [-0.4, -0.2) is 33.6 Å². The molecule has 0 bridgehead atoms. The summed E-state index contributed by atoms with van der Waals surface area (Å²) in [6.07, 6.45) is 0. The maximum atomic E-state index is 5.84. The molecule has 0 atom stereocenters. The summed E-state index contributed by atoms with van der Waals surface area (Å²) in [6, 6.07) is 7.72. The van der Waals surface area contributed by atoms with Crippen LogP contribution in [0.2, 0.25) is 0 Å². The van der Waals surface area contributed by atoms with Gasteiger partial charge in [0.05, 0.1) is 23.4 Å². The molecule has 0 aliphatic rings. The van der Waals surface area contributed by atoms with Crippen LogP contribution in [0.15, 0.2) is 28.7 Å². The molecule has 1 aromatic carbocycles. The molecular formula is C17H20N4O2S. The number of methoxy groups -OCH3 is 1. The highest BCUT2D eigenvalue weighted by atomic mass is 32.1. The summed E-state index contributed by atoms with van der Waals surface area (Å²) < 4.78 is 15.1. The van der Waals surface area contributed by atoms with Gasteiger partial charge in [-0.15, -0.1) is 5.10 Å². The number of aromatic nitrogens is 3. The first-order chi connectivity index (χ1) is 11.6. The van der Waals surface area contributed by atoms with Gasteiger partial charge in [-0.3, -0.25) is 4.90 Å². The molecule has 0 amide bonds. The Labute approximate surface area is 145 Å². The Hall–Kier alpha value is -2.25. The maximum Gasteiger partial charge on any atom is 0.226 e. The number of hydrogen-bond acceptors (Lipinski definition) is 7. The summed E-state index contributed by atoms with van der Waals surface area (Å²) in [5.74, 6) is 2.24. The molecule has 2 aromatic heterocycles. The molecule has 0 spiro atoms. The minimum atomic E-state index is 0.616. The molecule has 6 nitrogen and oxygen atoms in total. The normalized spacial score (nSPS) is 11.2. The zero-order valence-electron chi connectivity index (χ0n) is 14.2. The van der Waals surface area contributed by atoms with Gasteiger partial charge in [0, 0.05) is 18.7 Å². The quantitative estimate of drug-likeness (QED) is 0.682. The van der Waals surface area contributed by atoms with Crippen LogP contribution < -0.4 is 4.74 Å². The number of nitrogens with zero attached hydrogens (tertiary/aromatic N) is 4. The molecule has 0 N–H and O–H groups in total. The third-order valence-corrected chi connectivity index (χ3v) is 4.60. The van der Waals surface area contributed by atoms with Crippen LogP contribution in [0.25, 0.3) is 11.5 Å². The molecule has 0 saturated heterocycles. The number of benzene rings is 1. The molecule has 126 valence electrons. The van der Waals surface area contributed by atoms with Crippen molar-refractivity contribution in [3.63, 3.8) is 0 Å². The molecule has 0 radical (unpaired) electrons. The lowest BCUT2D eigenvalue weighted by atomic mass is 10.2. The van der Waals surface area contributed by atoms with Gasteiger partial charge in [-0.05, 0) is 50.6 Å². The molecule has 3 aromatic rings. The van der Waals surface area contributed by atoms with Crippen molar-refractivity contribution in [2.24, 2.45) is 0 Å². The van der Waals surface area contributed by atoms with Crippen molar-refractivity contribution >= 4 is 11.5 Å². The second kappa shape index (κ2) is 7.11. The number of ether oxygens (including phenoxy) is 1. The first kappa shape index (κ1) is 16.6. The third kappa shape index (κ3) is 3.63. The van der Waals surface area contributed by atoms with Gasteiger partial charge in [-0.25, -0.2) is 4.98 Å². The van der Waals surface area contributed by atoms with E-state index in [1.54, 1.807) is 7.11 Å².